The third kappa shape index (κ3) is 2.54. The Hall–Kier alpha value is -1.14. The highest BCUT2D eigenvalue weighted by atomic mass is 79.9. The van der Waals surface area contributed by atoms with Gasteiger partial charge in [0.2, 0.25) is 0 Å². The first-order chi connectivity index (χ1) is 9.46. The van der Waals surface area contributed by atoms with Crippen molar-refractivity contribution >= 4 is 27.4 Å². The second-order valence-corrected chi connectivity index (χ2v) is 6.72. The van der Waals surface area contributed by atoms with E-state index in [2.05, 4.69) is 51.8 Å². The van der Waals surface area contributed by atoms with Gasteiger partial charge in [-0.25, -0.2) is 9.50 Å². The van der Waals surface area contributed by atoms with E-state index in [1.807, 2.05) is 16.6 Å². The molecule has 20 heavy (non-hydrogen) atoms. The minimum atomic E-state index is -0.0587. The van der Waals surface area contributed by atoms with Gasteiger partial charge in [0.15, 0.2) is 5.65 Å². The number of ether oxygens (including phenoxy) is 1. The van der Waals surface area contributed by atoms with Gasteiger partial charge in [0.05, 0.1) is 11.8 Å². The van der Waals surface area contributed by atoms with Crippen molar-refractivity contribution in [2.24, 2.45) is 0 Å². The summed E-state index contributed by atoms with van der Waals surface area (Å²) < 4.78 is 8.47. The summed E-state index contributed by atoms with van der Waals surface area (Å²) in [6.45, 7) is 5.10. The number of hydrogen-bond donors (Lipinski definition) is 0. The van der Waals surface area contributed by atoms with Crippen LogP contribution in [0.1, 0.15) is 26.7 Å². The Labute approximate surface area is 127 Å². The third-order valence-electron chi connectivity index (χ3n) is 3.89. The van der Waals surface area contributed by atoms with Crippen LogP contribution in [0.15, 0.2) is 22.9 Å². The maximum atomic E-state index is 5.79. The van der Waals surface area contributed by atoms with Gasteiger partial charge in [0.1, 0.15) is 10.4 Å². The van der Waals surface area contributed by atoms with Crippen LogP contribution in [0, 0.1) is 0 Å². The van der Waals surface area contributed by atoms with Crippen molar-refractivity contribution in [3.63, 3.8) is 0 Å². The molecule has 0 spiro atoms. The molecule has 0 N–H and O–H groups in total. The van der Waals surface area contributed by atoms with Crippen LogP contribution in [0.5, 0.6) is 0 Å². The first kappa shape index (κ1) is 13.8. The van der Waals surface area contributed by atoms with Crippen molar-refractivity contribution in [2.75, 3.05) is 18.6 Å². The van der Waals surface area contributed by atoms with E-state index >= 15 is 0 Å². The zero-order valence-electron chi connectivity index (χ0n) is 12.0. The number of fused-ring (bicyclic) bond motifs is 1. The molecule has 1 aliphatic heterocycles. The fraction of sp³-hybridized carbons (Fsp3) is 0.571. The number of aromatic nitrogens is 3. The summed E-state index contributed by atoms with van der Waals surface area (Å²) in [7, 11) is 2.10. The summed E-state index contributed by atoms with van der Waals surface area (Å²) in [5, 5.41) is 4.65. The normalized spacial score (nSPS) is 22.1. The zero-order chi connectivity index (χ0) is 14.3. The summed E-state index contributed by atoms with van der Waals surface area (Å²) in [4.78, 5) is 6.52. The van der Waals surface area contributed by atoms with Gasteiger partial charge in [-0.2, -0.15) is 0 Å². The topological polar surface area (TPSA) is 42.7 Å². The number of imidazole rings is 1. The van der Waals surface area contributed by atoms with Gasteiger partial charge in [-0.1, -0.05) is 0 Å². The van der Waals surface area contributed by atoms with Crippen molar-refractivity contribution in [1.29, 1.82) is 0 Å². The van der Waals surface area contributed by atoms with Crippen LogP contribution in [0.3, 0.4) is 0 Å². The summed E-state index contributed by atoms with van der Waals surface area (Å²) in [6, 6.07) is 4.47. The van der Waals surface area contributed by atoms with Crippen LogP contribution in [0.4, 0.5) is 5.82 Å². The smallest absolute Gasteiger partial charge is 0.154 e. The van der Waals surface area contributed by atoms with Crippen molar-refractivity contribution in [3.05, 3.63) is 22.9 Å². The van der Waals surface area contributed by atoms with E-state index < -0.39 is 0 Å². The van der Waals surface area contributed by atoms with E-state index in [0.717, 1.165) is 35.5 Å². The molecule has 1 saturated heterocycles. The minimum absolute atomic E-state index is 0.0587. The second kappa shape index (κ2) is 5.00. The fourth-order valence-corrected chi connectivity index (χ4v) is 3.10. The van der Waals surface area contributed by atoms with Gasteiger partial charge in [-0.15, -0.1) is 5.10 Å². The first-order valence-electron chi connectivity index (χ1n) is 6.83. The Morgan fingerprint density at radius 3 is 3.00 bits per heavy atom. The van der Waals surface area contributed by atoms with Crippen LogP contribution in [0.2, 0.25) is 0 Å². The molecule has 1 fully saturated rings. The summed E-state index contributed by atoms with van der Waals surface area (Å²) in [5.74, 6) is 0.957. The highest BCUT2D eigenvalue weighted by molar-refractivity contribution is 9.10. The highest BCUT2D eigenvalue weighted by Crippen LogP contribution is 2.29. The lowest BCUT2D eigenvalue weighted by Crippen LogP contribution is -2.45. The predicted molar refractivity (Wildman–Crippen MR) is 82.1 cm³/mol. The molecular formula is C14H19BrN4O. The van der Waals surface area contributed by atoms with E-state index in [0.29, 0.717) is 6.04 Å². The largest absolute Gasteiger partial charge is 0.375 e. The number of nitrogens with zero attached hydrogens (tertiary/aromatic N) is 4. The second-order valence-electron chi connectivity index (χ2n) is 5.91. The lowest BCUT2D eigenvalue weighted by atomic mass is 9.93. The molecule has 3 heterocycles. The Kier molecular flexibility index (Phi) is 3.46. The number of hydrogen-bond acceptors (Lipinski definition) is 4. The predicted octanol–water partition coefficient (Wildman–Crippen LogP) is 2.89. The summed E-state index contributed by atoms with van der Waals surface area (Å²) in [6.07, 6.45) is 3.81. The molecular weight excluding hydrogens is 320 g/mol. The molecule has 0 aliphatic carbocycles. The van der Waals surface area contributed by atoms with Gasteiger partial charge in [-0.3, -0.25) is 0 Å². The maximum absolute atomic E-state index is 5.79. The molecule has 1 unspecified atom stereocenters. The molecule has 108 valence electrons. The van der Waals surface area contributed by atoms with Crippen molar-refractivity contribution < 1.29 is 4.74 Å². The number of anilines is 1. The molecule has 2 aromatic rings. The Bertz CT molecular complexity index is 625. The highest BCUT2D eigenvalue weighted by Gasteiger charge is 2.31. The lowest BCUT2D eigenvalue weighted by molar-refractivity contribution is -0.0584. The van der Waals surface area contributed by atoms with Crippen LogP contribution < -0.4 is 4.90 Å². The molecule has 0 aromatic carbocycles. The van der Waals surface area contributed by atoms with Gasteiger partial charge in [0, 0.05) is 19.7 Å². The molecule has 6 heteroatoms. The Morgan fingerprint density at radius 1 is 1.45 bits per heavy atom. The van der Waals surface area contributed by atoms with Crippen LogP contribution >= 0.6 is 15.9 Å². The summed E-state index contributed by atoms with van der Waals surface area (Å²) in [5.41, 5.74) is 0.790. The molecule has 0 saturated carbocycles. The maximum Gasteiger partial charge on any atom is 0.154 e. The molecule has 1 aliphatic rings. The average molecular weight is 339 g/mol. The SMILES string of the molecule is CN(c1ccc2ncc(Br)n2n1)C1CCOC(C)(C)C1. The third-order valence-corrected chi connectivity index (χ3v) is 4.43. The number of rotatable bonds is 2. The minimum Gasteiger partial charge on any atom is -0.375 e. The molecule has 1 atom stereocenters. The molecule has 5 nitrogen and oxygen atoms in total. The van der Waals surface area contributed by atoms with E-state index in [4.69, 9.17) is 4.74 Å². The average Bonchev–Trinajstić information content (AvgIpc) is 2.78. The van der Waals surface area contributed by atoms with E-state index in [1.165, 1.54) is 0 Å². The van der Waals surface area contributed by atoms with Crippen molar-refractivity contribution in [1.82, 2.24) is 14.6 Å². The molecule has 2 aromatic heterocycles. The monoisotopic (exact) mass is 338 g/mol. The van der Waals surface area contributed by atoms with Gasteiger partial charge < -0.3 is 9.64 Å². The van der Waals surface area contributed by atoms with Gasteiger partial charge in [-0.05, 0) is 54.8 Å². The molecule has 0 amide bonds. The van der Waals surface area contributed by atoms with Gasteiger partial charge in [0.25, 0.3) is 0 Å². The van der Waals surface area contributed by atoms with E-state index in [1.54, 1.807) is 6.20 Å². The van der Waals surface area contributed by atoms with E-state index in [-0.39, 0.29) is 5.60 Å². The number of halogens is 1. The fourth-order valence-electron chi connectivity index (χ4n) is 2.74. The quantitative estimate of drug-likeness (QED) is 0.844. The van der Waals surface area contributed by atoms with E-state index in [9.17, 15) is 0 Å². The lowest BCUT2D eigenvalue weighted by Gasteiger charge is -2.40. The molecule has 0 radical (unpaired) electrons. The van der Waals surface area contributed by atoms with Crippen molar-refractivity contribution in [2.45, 2.75) is 38.3 Å². The van der Waals surface area contributed by atoms with Crippen LogP contribution in [0.25, 0.3) is 5.65 Å². The molecule has 0 bridgehead atoms. The Balaban J connectivity index is 1.87. The summed E-state index contributed by atoms with van der Waals surface area (Å²) >= 11 is 3.46. The zero-order valence-corrected chi connectivity index (χ0v) is 13.6. The molecule has 3 rings (SSSR count). The van der Waals surface area contributed by atoms with Crippen molar-refractivity contribution in [3.8, 4) is 0 Å². The van der Waals surface area contributed by atoms with Crippen LogP contribution in [-0.4, -0.2) is 39.9 Å². The standard InChI is InChI=1S/C14H19BrN4O/c1-14(2)8-10(6-7-20-14)18(3)13-5-4-12-16-9-11(15)19(12)17-13/h4-5,9-10H,6-8H2,1-3H3. The first-order valence-corrected chi connectivity index (χ1v) is 7.63. The Morgan fingerprint density at radius 2 is 2.25 bits per heavy atom. The van der Waals surface area contributed by atoms with Crippen LogP contribution in [-0.2, 0) is 4.74 Å². The van der Waals surface area contributed by atoms with Gasteiger partial charge >= 0.3 is 0 Å².